The van der Waals surface area contributed by atoms with Gasteiger partial charge in [0.05, 0.1) is 13.2 Å². The highest BCUT2D eigenvalue weighted by atomic mass is 16.5. The Labute approximate surface area is 98.2 Å². The second-order valence-corrected chi connectivity index (χ2v) is 4.12. The molecule has 3 N–H and O–H groups in total. The molecular formula is C11H25N3O2. The lowest BCUT2D eigenvalue weighted by Gasteiger charge is -2.25. The van der Waals surface area contributed by atoms with Gasteiger partial charge in [0.25, 0.3) is 0 Å². The molecule has 0 aromatic rings. The number of amidine groups is 1. The first-order valence-electron chi connectivity index (χ1n) is 5.90. The van der Waals surface area contributed by atoms with Gasteiger partial charge in [0, 0.05) is 19.2 Å². The Kier molecular flexibility index (Phi) is 8.94. The molecule has 0 aliphatic heterocycles. The van der Waals surface area contributed by atoms with Crippen LogP contribution in [0.2, 0.25) is 0 Å². The second-order valence-electron chi connectivity index (χ2n) is 4.12. The molecule has 0 atom stereocenters. The van der Waals surface area contributed by atoms with E-state index in [0.717, 1.165) is 26.0 Å². The zero-order chi connectivity index (χ0) is 12.4. The van der Waals surface area contributed by atoms with Crippen LogP contribution in [0.25, 0.3) is 0 Å². The van der Waals surface area contributed by atoms with Crippen molar-refractivity contribution in [3.05, 3.63) is 0 Å². The van der Waals surface area contributed by atoms with Gasteiger partial charge in [-0.15, -0.1) is 0 Å². The summed E-state index contributed by atoms with van der Waals surface area (Å²) in [6.45, 7) is 9.08. The van der Waals surface area contributed by atoms with Crippen LogP contribution in [-0.4, -0.2) is 48.3 Å². The van der Waals surface area contributed by atoms with E-state index in [0.29, 0.717) is 19.2 Å². The summed E-state index contributed by atoms with van der Waals surface area (Å²) in [6, 6.07) is 0.357. The SMILES string of the molecule is CCCCOCCN(CC(N)=NO)C(C)C. The van der Waals surface area contributed by atoms with Crippen molar-refractivity contribution < 1.29 is 9.94 Å². The third-order valence-electron chi connectivity index (χ3n) is 2.39. The lowest BCUT2D eigenvalue weighted by Crippen LogP contribution is -2.40. The summed E-state index contributed by atoms with van der Waals surface area (Å²) < 4.78 is 5.49. The minimum absolute atomic E-state index is 0.238. The Morgan fingerprint density at radius 1 is 1.44 bits per heavy atom. The van der Waals surface area contributed by atoms with Crippen molar-refractivity contribution in [2.24, 2.45) is 10.9 Å². The summed E-state index contributed by atoms with van der Waals surface area (Å²) in [6.07, 6.45) is 2.25. The Balaban J connectivity index is 3.77. The lowest BCUT2D eigenvalue weighted by molar-refractivity contribution is 0.0968. The van der Waals surface area contributed by atoms with Crippen molar-refractivity contribution in [2.75, 3.05) is 26.3 Å². The quantitative estimate of drug-likeness (QED) is 0.206. The molecule has 5 heteroatoms. The molecule has 0 radical (unpaired) electrons. The minimum atomic E-state index is 0.238. The molecule has 0 aliphatic rings. The van der Waals surface area contributed by atoms with E-state index in [1.165, 1.54) is 0 Å². The van der Waals surface area contributed by atoms with Crippen LogP contribution in [0, 0.1) is 0 Å². The van der Waals surface area contributed by atoms with Gasteiger partial charge in [-0.05, 0) is 20.3 Å². The van der Waals surface area contributed by atoms with Crippen molar-refractivity contribution in [3.63, 3.8) is 0 Å². The highest BCUT2D eigenvalue weighted by molar-refractivity contribution is 5.81. The molecule has 0 rings (SSSR count). The van der Waals surface area contributed by atoms with Gasteiger partial charge >= 0.3 is 0 Å². The van der Waals surface area contributed by atoms with Gasteiger partial charge in [-0.3, -0.25) is 4.90 Å². The first-order valence-corrected chi connectivity index (χ1v) is 5.90. The van der Waals surface area contributed by atoms with E-state index in [4.69, 9.17) is 15.7 Å². The predicted octanol–water partition coefficient (Wildman–Crippen LogP) is 1.26. The Bertz CT molecular complexity index is 196. The predicted molar refractivity (Wildman–Crippen MR) is 65.8 cm³/mol. The number of unbranched alkanes of at least 4 members (excludes halogenated alkanes) is 1. The van der Waals surface area contributed by atoms with E-state index in [1.54, 1.807) is 0 Å². The summed E-state index contributed by atoms with van der Waals surface area (Å²) in [5.74, 6) is 0.238. The lowest BCUT2D eigenvalue weighted by atomic mass is 10.3. The monoisotopic (exact) mass is 231 g/mol. The molecule has 0 aliphatic carbocycles. The van der Waals surface area contributed by atoms with E-state index in [9.17, 15) is 0 Å². The van der Waals surface area contributed by atoms with Gasteiger partial charge in [-0.25, -0.2) is 0 Å². The maximum atomic E-state index is 8.51. The van der Waals surface area contributed by atoms with Crippen molar-refractivity contribution >= 4 is 5.84 Å². The molecule has 5 nitrogen and oxygen atoms in total. The number of oxime groups is 1. The zero-order valence-electron chi connectivity index (χ0n) is 10.6. The van der Waals surface area contributed by atoms with Gasteiger partial charge in [-0.2, -0.15) is 0 Å². The third kappa shape index (κ3) is 7.48. The maximum absolute atomic E-state index is 8.51. The molecule has 0 amide bonds. The molecule has 0 bridgehead atoms. The van der Waals surface area contributed by atoms with E-state index in [1.807, 2.05) is 0 Å². The molecule has 0 saturated carbocycles. The standard InChI is InChI=1S/C11H25N3O2/c1-4-5-7-16-8-6-14(10(2)3)9-11(12)13-15/h10,15H,4-9H2,1-3H3,(H2,12,13). The molecule has 0 aromatic heterocycles. The molecule has 0 fully saturated rings. The van der Waals surface area contributed by atoms with Gasteiger partial charge < -0.3 is 15.7 Å². The first kappa shape index (κ1) is 15.2. The normalized spacial score (nSPS) is 12.7. The third-order valence-corrected chi connectivity index (χ3v) is 2.39. The summed E-state index contributed by atoms with van der Waals surface area (Å²) in [7, 11) is 0. The number of nitrogens with two attached hydrogens (primary N) is 1. The topological polar surface area (TPSA) is 71.1 Å². The highest BCUT2D eigenvalue weighted by Gasteiger charge is 2.10. The number of nitrogens with zero attached hydrogens (tertiary/aromatic N) is 2. The smallest absolute Gasteiger partial charge is 0.153 e. The Hall–Kier alpha value is -0.810. The van der Waals surface area contributed by atoms with Crippen LogP contribution in [0.4, 0.5) is 0 Å². The fourth-order valence-electron chi connectivity index (χ4n) is 1.29. The van der Waals surface area contributed by atoms with Crippen molar-refractivity contribution in [1.29, 1.82) is 0 Å². The molecular weight excluding hydrogens is 206 g/mol. The van der Waals surface area contributed by atoms with E-state index in [-0.39, 0.29) is 5.84 Å². The van der Waals surface area contributed by atoms with Crippen molar-refractivity contribution in [2.45, 2.75) is 39.7 Å². The summed E-state index contributed by atoms with van der Waals surface area (Å²) in [4.78, 5) is 2.11. The van der Waals surface area contributed by atoms with Crippen molar-refractivity contribution in [1.82, 2.24) is 4.90 Å². The molecule has 96 valence electrons. The summed E-state index contributed by atoms with van der Waals surface area (Å²) in [5.41, 5.74) is 5.48. The van der Waals surface area contributed by atoms with Crippen molar-refractivity contribution in [3.8, 4) is 0 Å². The Morgan fingerprint density at radius 2 is 2.12 bits per heavy atom. The largest absolute Gasteiger partial charge is 0.409 e. The van der Waals surface area contributed by atoms with Gasteiger partial charge in [0.2, 0.25) is 0 Å². The van der Waals surface area contributed by atoms with Crippen LogP contribution >= 0.6 is 0 Å². The van der Waals surface area contributed by atoms with Crippen LogP contribution in [0.5, 0.6) is 0 Å². The number of hydrogen-bond donors (Lipinski definition) is 2. The highest BCUT2D eigenvalue weighted by Crippen LogP contribution is 1.98. The number of ether oxygens (including phenoxy) is 1. The molecule has 0 heterocycles. The van der Waals surface area contributed by atoms with Gasteiger partial charge in [-0.1, -0.05) is 18.5 Å². The van der Waals surface area contributed by atoms with Crippen LogP contribution < -0.4 is 5.73 Å². The van der Waals surface area contributed by atoms with Gasteiger partial charge in [0.1, 0.15) is 0 Å². The van der Waals surface area contributed by atoms with E-state index in [2.05, 4.69) is 30.8 Å². The van der Waals surface area contributed by atoms with Crippen LogP contribution in [0.1, 0.15) is 33.6 Å². The average Bonchev–Trinajstić information content (AvgIpc) is 2.26. The Morgan fingerprint density at radius 3 is 2.62 bits per heavy atom. The number of rotatable bonds is 9. The first-order chi connectivity index (χ1) is 7.61. The van der Waals surface area contributed by atoms with Gasteiger partial charge in [0.15, 0.2) is 5.84 Å². The fourth-order valence-corrected chi connectivity index (χ4v) is 1.29. The molecule has 0 unspecified atom stereocenters. The second kappa shape index (κ2) is 9.42. The van der Waals surface area contributed by atoms with E-state index >= 15 is 0 Å². The number of hydrogen-bond acceptors (Lipinski definition) is 4. The fraction of sp³-hybridized carbons (Fsp3) is 0.909. The summed E-state index contributed by atoms with van der Waals surface area (Å²) in [5, 5.41) is 11.5. The average molecular weight is 231 g/mol. The summed E-state index contributed by atoms with van der Waals surface area (Å²) >= 11 is 0. The van der Waals surface area contributed by atoms with E-state index < -0.39 is 0 Å². The molecule has 0 aromatic carbocycles. The molecule has 16 heavy (non-hydrogen) atoms. The minimum Gasteiger partial charge on any atom is -0.409 e. The zero-order valence-corrected chi connectivity index (χ0v) is 10.6. The van der Waals surface area contributed by atoms with Crippen LogP contribution in [0.15, 0.2) is 5.16 Å². The molecule has 0 saturated heterocycles. The maximum Gasteiger partial charge on any atom is 0.153 e. The molecule has 0 spiro atoms. The van der Waals surface area contributed by atoms with Crippen LogP contribution in [-0.2, 0) is 4.74 Å². The van der Waals surface area contributed by atoms with Crippen LogP contribution in [0.3, 0.4) is 0 Å².